The molecule has 4 N–H and O–H groups in total. The second kappa shape index (κ2) is 7.91. The minimum absolute atomic E-state index is 0.239. The van der Waals surface area contributed by atoms with Gasteiger partial charge in [-0.15, -0.1) is 0 Å². The Balaban J connectivity index is 1.95. The first kappa shape index (κ1) is 19.3. The highest BCUT2D eigenvalue weighted by atomic mass is 32.1. The molecule has 0 aliphatic carbocycles. The normalized spacial score (nSPS) is 15.6. The minimum Gasteiger partial charge on any atom is -0.444 e. The molecule has 2 rings (SSSR count). The molecule has 0 radical (unpaired) electrons. The van der Waals surface area contributed by atoms with Gasteiger partial charge in [0.15, 0.2) is 5.11 Å². The number of hydrogen-bond donors (Lipinski definition) is 3. The molecule has 1 aromatic rings. The molecule has 138 valence electrons. The van der Waals surface area contributed by atoms with E-state index in [4.69, 9.17) is 22.7 Å². The zero-order valence-electron chi connectivity index (χ0n) is 15.4. The molecule has 0 saturated carbocycles. The monoisotopic (exact) mass is 364 g/mol. The van der Waals surface area contributed by atoms with Gasteiger partial charge in [0.1, 0.15) is 5.60 Å². The van der Waals surface area contributed by atoms with Crippen LogP contribution in [-0.4, -0.2) is 40.8 Å². The molecule has 1 fully saturated rings. The van der Waals surface area contributed by atoms with Crippen molar-refractivity contribution in [1.82, 2.24) is 4.90 Å². The van der Waals surface area contributed by atoms with Crippen molar-refractivity contribution in [2.24, 2.45) is 5.73 Å². The molecule has 1 aromatic carbocycles. The number of rotatable bonds is 3. The van der Waals surface area contributed by atoms with Gasteiger partial charge in [0.05, 0.1) is 11.4 Å². The van der Waals surface area contributed by atoms with Crippen LogP contribution < -0.4 is 16.4 Å². The van der Waals surface area contributed by atoms with Crippen LogP contribution in [-0.2, 0) is 4.74 Å². The lowest BCUT2D eigenvalue weighted by molar-refractivity contribution is 0.0210. The predicted octanol–water partition coefficient (Wildman–Crippen LogP) is 3.46. The van der Waals surface area contributed by atoms with Crippen LogP contribution in [0.3, 0.4) is 0 Å². The van der Waals surface area contributed by atoms with Crippen molar-refractivity contribution in [3.63, 3.8) is 0 Å². The number of carbonyl (C=O) groups excluding carboxylic acids is 1. The van der Waals surface area contributed by atoms with Gasteiger partial charge in [-0.2, -0.15) is 0 Å². The SMILES string of the molecule is Cc1ccc(NC(N)=S)c(NC2CCN(C(=O)OC(C)(C)C)CC2)c1. The summed E-state index contributed by atoms with van der Waals surface area (Å²) < 4.78 is 5.44. The van der Waals surface area contributed by atoms with Gasteiger partial charge in [-0.3, -0.25) is 0 Å². The topological polar surface area (TPSA) is 79.6 Å². The van der Waals surface area contributed by atoms with Gasteiger partial charge in [0, 0.05) is 19.1 Å². The maximum atomic E-state index is 12.1. The first-order valence-corrected chi connectivity index (χ1v) is 8.96. The Kier molecular flexibility index (Phi) is 6.11. The van der Waals surface area contributed by atoms with Crippen LogP contribution in [0, 0.1) is 6.92 Å². The number of amides is 1. The fourth-order valence-electron chi connectivity index (χ4n) is 2.77. The highest BCUT2D eigenvalue weighted by molar-refractivity contribution is 7.80. The maximum Gasteiger partial charge on any atom is 0.410 e. The zero-order chi connectivity index (χ0) is 18.6. The second-order valence-corrected chi connectivity index (χ2v) is 7.86. The van der Waals surface area contributed by atoms with Gasteiger partial charge in [-0.1, -0.05) is 6.07 Å². The van der Waals surface area contributed by atoms with Crippen LogP contribution in [0.2, 0.25) is 0 Å². The number of nitrogens with two attached hydrogens (primary N) is 1. The Labute approximate surface area is 155 Å². The highest BCUT2D eigenvalue weighted by Crippen LogP contribution is 2.26. The minimum atomic E-state index is -0.463. The van der Waals surface area contributed by atoms with Gasteiger partial charge in [0.25, 0.3) is 0 Å². The van der Waals surface area contributed by atoms with Crippen molar-refractivity contribution < 1.29 is 9.53 Å². The van der Waals surface area contributed by atoms with Crippen LogP contribution in [0.1, 0.15) is 39.2 Å². The summed E-state index contributed by atoms with van der Waals surface area (Å²) in [4.78, 5) is 13.9. The van der Waals surface area contributed by atoms with Crippen LogP contribution in [0.5, 0.6) is 0 Å². The van der Waals surface area contributed by atoms with Crippen LogP contribution >= 0.6 is 12.2 Å². The summed E-state index contributed by atoms with van der Waals surface area (Å²) in [6.07, 6.45) is 1.48. The zero-order valence-corrected chi connectivity index (χ0v) is 16.2. The lowest BCUT2D eigenvalue weighted by Crippen LogP contribution is -2.44. The lowest BCUT2D eigenvalue weighted by Gasteiger charge is -2.34. The third-order valence-corrected chi connectivity index (χ3v) is 4.04. The summed E-state index contributed by atoms with van der Waals surface area (Å²) >= 11 is 4.94. The largest absolute Gasteiger partial charge is 0.444 e. The molecule has 25 heavy (non-hydrogen) atoms. The van der Waals surface area contributed by atoms with E-state index < -0.39 is 5.60 Å². The third-order valence-electron chi connectivity index (χ3n) is 3.94. The smallest absolute Gasteiger partial charge is 0.410 e. The third kappa shape index (κ3) is 6.08. The van der Waals surface area contributed by atoms with Crippen LogP contribution in [0.25, 0.3) is 0 Å². The molecule has 0 spiro atoms. The summed E-state index contributed by atoms with van der Waals surface area (Å²) in [6.45, 7) is 9.04. The lowest BCUT2D eigenvalue weighted by atomic mass is 10.0. The number of carbonyl (C=O) groups is 1. The average Bonchev–Trinajstić information content (AvgIpc) is 2.48. The van der Waals surface area contributed by atoms with E-state index in [0.717, 1.165) is 29.8 Å². The van der Waals surface area contributed by atoms with Gasteiger partial charge in [-0.05, 0) is 70.5 Å². The van der Waals surface area contributed by atoms with E-state index in [0.29, 0.717) is 13.1 Å². The quantitative estimate of drug-likeness (QED) is 0.713. The molecule has 7 heteroatoms. The highest BCUT2D eigenvalue weighted by Gasteiger charge is 2.27. The number of nitrogens with one attached hydrogen (secondary N) is 2. The first-order chi connectivity index (χ1) is 11.6. The van der Waals surface area contributed by atoms with Crippen molar-refractivity contribution in [2.45, 2.75) is 52.2 Å². The van der Waals surface area contributed by atoms with E-state index in [1.54, 1.807) is 4.90 Å². The molecule has 0 atom stereocenters. The van der Waals surface area contributed by atoms with Gasteiger partial charge in [-0.25, -0.2) is 4.79 Å². The summed E-state index contributed by atoms with van der Waals surface area (Å²) in [6, 6.07) is 6.33. The molecule has 6 nitrogen and oxygen atoms in total. The number of likely N-dealkylation sites (tertiary alicyclic amines) is 1. The van der Waals surface area contributed by atoms with E-state index in [9.17, 15) is 4.79 Å². The number of ether oxygens (including phenoxy) is 1. The molecular formula is C18H28N4O2S. The second-order valence-electron chi connectivity index (χ2n) is 7.42. The number of aryl methyl sites for hydroxylation is 1. The van der Waals surface area contributed by atoms with Crippen molar-refractivity contribution >= 4 is 34.8 Å². The molecule has 1 saturated heterocycles. The summed E-state index contributed by atoms with van der Waals surface area (Å²) in [5.41, 5.74) is 8.14. The molecule has 0 unspecified atom stereocenters. The molecule has 1 amide bonds. The Morgan fingerprint density at radius 2 is 1.92 bits per heavy atom. The Hall–Kier alpha value is -2.02. The van der Waals surface area contributed by atoms with Gasteiger partial charge >= 0.3 is 6.09 Å². The number of benzene rings is 1. The van der Waals surface area contributed by atoms with E-state index >= 15 is 0 Å². The molecule has 0 bridgehead atoms. The number of hydrogen-bond acceptors (Lipinski definition) is 4. The predicted molar refractivity (Wildman–Crippen MR) is 106 cm³/mol. The van der Waals surface area contributed by atoms with Crippen molar-refractivity contribution in [3.05, 3.63) is 23.8 Å². The number of thiocarbonyl (C=S) groups is 1. The molecule has 0 aromatic heterocycles. The average molecular weight is 365 g/mol. The fourth-order valence-corrected chi connectivity index (χ4v) is 2.88. The van der Waals surface area contributed by atoms with E-state index in [-0.39, 0.29) is 17.2 Å². The Morgan fingerprint density at radius 1 is 1.28 bits per heavy atom. The molecule has 1 heterocycles. The van der Waals surface area contributed by atoms with Crippen LogP contribution in [0.4, 0.5) is 16.2 Å². The summed E-state index contributed by atoms with van der Waals surface area (Å²) in [7, 11) is 0. The molecule has 1 aliphatic heterocycles. The number of anilines is 2. The van der Waals surface area contributed by atoms with Crippen molar-refractivity contribution in [2.75, 3.05) is 23.7 Å². The summed E-state index contributed by atoms with van der Waals surface area (Å²) in [5, 5.41) is 6.79. The molecular weight excluding hydrogens is 336 g/mol. The standard InChI is InChI=1S/C18H28N4O2S/c1-12-5-6-14(21-16(19)25)15(11-12)20-13-7-9-22(10-8-13)17(23)24-18(2,3)4/h5-6,11,13,20H,7-10H2,1-4H3,(H3,19,21,25). The van der Waals surface area contributed by atoms with Crippen molar-refractivity contribution in [3.8, 4) is 0 Å². The van der Waals surface area contributed by atoms with E-state index in [1.165, 1.54) is 0 Å². The number of nitrogens with zero attached hydrogens (tertiary/aromatic N) is 1. The van der Waals surface area contributed by atoms with Crippen LogP contribution in [0.15, 0.2) is 18.2 Å². The van der Waals surface area contributed by atoms with E-state index in [1.807, 2.05) is 39.8 Å². The molecule has 1 aliphatic rings. The Morgan fingerprint density at radius 3 is 2.48 bits per heavy atom. The summed E-state index contributed by atoms with van der Waals surface area (Å²) in [5.74, 6) is 0. The van der Waals surface area contributed by atoms with Gasteiger partial charge in [0.2, 0.25) is 0 Å². The van der Waals surface area contributed by atoms with E-state index in [2.05, 4.69) is 16.7 Å². The first-order valence-electron chi connectivity index (χ1n) is 8.55. The number of piperidine rings is 1. The maximum absolute atomic E-state index is 12.1. The Bertz CT molecular complexity index is 634. The van der Waals surface area contributed by atoms with Gasteiger partial charge < -0.3 is 26.0 Å². The fraction of sp³-hybridized carbons (Fsp3) is 0.556. The van der Waals surface area contributed by atoms with Crippen molar-refractivity contribution in [1.29, 1.82) is 0 Å².